The number of carbonyl (C=O) groups is 5. The molecule has 47 heteroatoms. The third-order valence-corrected chi connectivity index (χ3v) is 18.9. The Labute approximate surface area is 594 Å². The molecular weight excluding hydrogens is 1440 g/mol. The molecule has 105 heavy (non-hydrogen) atoms. The van der Waals surface area contributed by atoms with E-state index in [-0.39, 0.29) is 0 Å². The first-order valence-corrected chi connectivity index (χ1v) is 33.3. The van der Waals surface area contributed by atoms with E-state index < -0.39 is 334 Å². The number of aliphatic hydroxyl groups excluding tert-OH is 21. The Morgan fingerprint density at radius 3 is 1.16 bits per heavy atom. The summed E-state index contributed by atoms with van der Waals surface area (Å²) in [6.45, 7) is -3.21. The van der Waals surface area contributed by atoms with E-state index in [1.54, 1.807) is 0 Å². The summed E-state index contributed by atoms with van der Waals surface area (Å²) in [5.41, 5.74) is 5.31. The van der Waals surface area contributed by atoms with Gasteiger partial charge in [0.25, 0.3) is 0 Å². The molecule has 0 aliphatic carbocycles. The van der Waals surface area contributed by atoms with Crippen LogP contribution < -0.4 is 27.0 Å². The summed E-state index contributed by atoms with van der Waals surface area (Å²) >= 11 is 0. The van der Waals surface area contributed by atoms with E-state index in [1.807, 2.05) is 0 Å². The van der Waals surface area contributed by atoms with E-state index in [2.05, 4.69) is 21.3 Å². The maximum absolute atomic E-state index is 13.1. The predicted molar refractivity (Wildman–Crippen MR) is 324 cm³/mol. The molecule has 0 saturated carbocycles. The van der Waals surface area contributed by atoms with Crippen molar-refractivity contribution in [3.05, 3.63) is 0 Å². The van der Waals surface area contributed by atoms with Crippen LogP contribution in [-0.2, 0) is 95.0 Å². The first-order chi connectivity index (χ1) is 49.5. The SMILES string of the molecule is CC(=O)N[C@@H]1[C@@H](O)[C@H](O[C@@H]2O[C@H](CO)[C@@H](O[C@@H]3O[C@H](CO[C@H]4O[C@H](CO)[C@@H](O)[C@H](O)[C@@H]4O[C@@H]4O[C@H](CO)[C@@H](O[C@@H]5O[C@H](CO)[C@H](O)[C@H](O)[C@H]5O)[C@H](O)[C@H]4NC(C)=O)[C@@H](O)[C@H](O[C@H]4O[C@H](CO)[C@@H](O)[C@H](O)[C@@H]4O)[C@@H]3O)[C@H](O)[C@H]2NC(C)=O)[C@@H](CO[C@H]2O[C@H](C)[C@H](O)[C@H](O)[C@H]2O)O[C@H]1N[C@@H](CC(N)=O)C(=O)O. The Hall–Kier alpha value is -4.13. The van der Waals surface area contributed by atoms with Crippen molar-refractivity contribution < 1.29 is 207 Å². The van der Waals surface area contributed by atoms with Crippen molar-refractivity contribution in [1.82, 2.24) is 21.3 Å². The molecule has 8 aliphatic heterocycles. The van der Waals surface area contributed by atoms with Crippen LogP contribution in [0.1, 0.15) is 34.1 Å². The quantitative estimate of drug-likeness (QED) is 0.0331. The molecule has 8 saturated heterocycles. The van der Waals surface area contributed by atoms with E-state index in [0.717, 1.165) is 20.8 Å². The van der Waals surface area contributed by atoms with Crippen LogP contribution in [0.25, 0.3) is 0 Å². The van der Waals surface area contributed by atoms with Crippen LogP contribution in [0.3, 0.4) is 0 Å². The number of rotatable bonds is 29. The van der Waals surface area contributed by atoms with Crippen molar-refractivity contribution in [3.63, 3.8) is 0 Å². The van der Waals surface area contributed by atoms with Crippen molar-refractivity contribution in [3.8, 4) is 0 Å². The largest absolute Gasteiger partial charge is 0.480 e. The van der Waals surface area contributed by atoms with Gasteiger partial charge in [0.2, 0.25) is 23.6 Å². The zero-order valence-electron chi connectivity index (χ0n) is 56.4. The van der Waals surface area contributed by atoms with Gasteiger partial charge in [-0.05, 0) is 6.92 Å². The first kappa shape index (κ1) is 86.5. The van der Waals surface area contributed by atoms with E-state index >= 15 is 0 Å². The average molecular weight is 1540 g/mol. The summed E-state index contributed by atoms with van der Waals surface area (Å²) < 4.78 is 88.5. The maximum atomic E-state index is 13.1. The van der Waals surface area contributed by atoms with Gasteiger partial charge in [0, 0.05) is 20.8 Å². The molecule has 8 heterocycles. The molecule has 0 spiro atoms. The lowest BCUT2D eigenvalue weighted by Gasteiger charge is -2.51. The molecule has 8 aliphatic rings. The Balaban J connectivity index is 1.09. The van der Waals surface area contributed by atoms with Crippen LogP contribution >= 0.6 is 0 Å². The Bertz CT molecular complexity index is 2800. The summed E-state index contributed by atoms with van der Waals surface area (Å²) in [7, 11) is 0. The highest BCUT2D eigenvalue weighted by Crippen LogP contribution is 2.38. The van der Waals surface area contributed by atoms with Crippen LogP contribution in [0.5, 0.6) is 0 Å². The highest BCUT2D eigenvalue weighted by Gasteiger charge is 2.60. The number of hydrogen-bond donors (Lipinski definition) is 27. The number of amides is 4. The Kier molecular flexibility index (Phi) is 31.1. The van der Waals surface area contributed by atoms with Crippen molar-refractivity contribution in [2.75, 3.05) is 46.2 Å². The number of nitrogens with two attached hydrogens (primary N) is 1. The number of carboxylic acids is 1. The molecule has 8 rings (SSSR count). The van der Waals surface area contributed by atoms with E-state index in [4.69, 9.17) is 76.8 Å². The Morgan fingerprint density at radius 1 is 0.352 bits per heavy atom. The minimum absolute atomic E-state index is 0.889. The number of primary amides is 1. The van der Waals surface area contributed by atoms with Crippen LogP contribution in [0.4, 0.5) is 0 Å². The monoisotopic (exact) mass is 1540 g/mol. The number of nitrogens with one attached hydrogen (secondary N) is 4. The van der Waals surface area contributed by atoms with Crippen molar-refractivity contribution >= 4 is 29.6 Å². The lowest BCUT2D eigenvalue weighted by molar-refractivity contribution is -0.388. The third-order valence-electron chi connectivity index (χ3n) is 18.9. The minimum Gasteiger partial charge on any atom is -0.480 e. The normalized spacial score (nSPS) is 47.2. The topological polar surface area (TPSA) is 743 Å². The van der Waals surface area contributed by atoms with Gasteiger partial charge in [0.1, 0.15) is 195 Å². The molecule has 0 aromatic carbocycles. The maximum Gasteiger partial charge on any atom is 0.321 e. The minimum atomic E-state index is -2.44. The molecule has 0 aromatic heterocycles. The van der Waals surface area contributed by atoms with Crippen molar-refractivity contribution in [1.29, 1.82) is 0 Å². The number of carbonyl (C=O) groups excluding carboxylic acids is 4. The molecule has 0 aromatic rings. The summed E-state index contributed by atoms with van der Waals surface area (Å²) in [4.78, 5) is 63.1. The van der Waals surface area contributed by atoms with Gasteiger partial charge in [-0.15, -0.1) is 0 Å². The Morgan fingerprint density at radius 2 is 0.705 bits per heavy atom. The number of ether oxygens (including phenoxy) is 15. The fourth-order valence-electron chi connectivity index (χ4n) is 13.2. The van der Waals surface area contributed by atoms with Crippen LogP contribution in [0.15, 0.2) is 0 Å². The molecule has 28 N–H and O–H groups in total. The molecule has 41 atom stereocenters. The smallest absolute Gasteiger partial charge is 0.321 e. The molecule has 0 bridgehead atoms. The third kappa shape index (κ3) is 19.8. The van der Waals surface area contributed by atoms with Gasteiger partial charge >= 0.3 is 5.97 Å². The second-order valence-corrected chi connectivity index (χ2v) is 26.4. The van der Waals surface area contributed by atoms with E-state index in [9.17, 15) is 136 Å². The van der Waals surface area contributed by atoms with Gasteiger partial charge in [0.05, 0.1) is 64.8 Å². The van der Waals surface area contributed by atoms with Crippen LogP contribution in [-0.4, -0.2) is 440 Å². The van der Waals surface area contributed by atoms with Gasteiger partial charge in [-0.1, -0.05) is 0 Å². The molecule has 8 fully saturated rings. The molecular formula is C58H97N5O42. The predicted octanol–water partition coefficient (Wildman–Crippen LogP) is -18.1. The molecule has 0 radical (unpaired) electrons. The van der Waals surface area contributed by atoms with Gasteiger partial charge in [0.15, 0.2) is 44.0 Å². The number of carboxylic acid groups (broad SMARTS) is 1. The standard InChI is InChI=1S/C58H97N5O42/c1-13-29(73)37(81)41(85)54(93-13)91-12-24-47(34(78)26(60-14(2)69)50(94-24)63-17(51(89)90)5-25(59)72)101-52-27(61-15(3)70)35(79)46(22(10-68)98-52)103-57-44(88)48(104-56-43(87)39(83)31(75)19(7-65)96-56)33(77)23(100-57)11-92-58-49(40(84)32(76)20(8-66)97-58)105-53-28(62-16(4)71)36(80)45(21(9-67)99-53)102-55-42(86)38(82)30(74)18(6-64)95-55/h13,17-24,26-50,52-58,63-68,73-88H,5-12H2,1-4H3,(H2,59,72)(H,60,69)(H,61,70)(H,62,71)(H,89,90)/t13-,17+,18-,19-,20-,21-,22-,23-,24-,26-,27-,28-,29+,30+,31-,32-,33-,34-,35-,36-,37+,38+,39+,40+,41-,42-,43+,44+,45-,46-,47-,48+,49+,50-,52+,53+,54+,55+,56-,57+,58+/m1/s1. The molecule has 0 unspecified atom stereocenters. The fraction of sp³-hybridized carbons (Fsp3) is 0.914. The molecule has 4 amide bonds. The summed E-state index contributed by atoms with van der Waals surface area (Å²) in [5, 5.41) is 251. The summed E-state index contributed by atoms with van der Waals surface area (Å²) in [5.74, 6) is -5.58. The van der Waals surface area contributed by atoms with Gasteiger partial charge < -0.3 is 205 Å². The lowest BCUT2D eigenvalue weighted by atomic mass is 9.93. The van der Waals surface area contributed by atoms with Gasteiger partial charge in [-0.25, -0.2) is 0 Å². The number of aliphatic hydroxyl groups is 21. The van der Waals surface area contributed by atoms with E-state index in [1.165, 1.54) is 6.92 Å². The molecule has 606 valence electrons. The lowest BCUT2D eigenvalue weighted by Crippen LogP contribution is -2.72. The van der Waals surface area contributed by atoms with Crippen LogP contribution in [0, 0.1) is 0 Å². The highest BCUT2D eigenvalue weighted by molar-refractivity contribution is 5.83. The zero-order chi connectivity index (χ0) is 77.6. The van der Waals surface area contributed by atoms with Gasteiger partial charge in [-0.2, -0.15) is 0 Å². The second-order valence-electron chi connectivity index (χ2n) is 26.4. The first-order valence-electron chi connectivity index (χ1n) is 33.3. The average Bonchev–Trinajstić information content (AvgIpc) is 0.770. The number of hydrogen-bond acceptors (Lipinski definition) is 42. The fourth-order valence-corrected chi connectivity index (χ4v) is 13.2. The summed E-state index contributed by atoms with van der Waals surface area (Å²) in [6, 6.07) is -7.51. The highest BCUT2D eigenvalue weighted by atomic mass is 16.8. The van der Waals surface area contributed by atoms with Gasteiger partial charge in [-0.3, -0.25) is 29.3 Å². The summed E-state index contributed by atoms with van der Waals surface area (Å²) in [6.07, 6.45) is -75.1. The number of aliphatic carboxylic acids is 1. The van der Waals surface area contributed by atoms with E-state index in [0.29, 0.717) is 0 Å². The zero-order valence-corrected chi connectivity index (χ0v) is 56.4. The van der Waals surface area contributed by atoms with Crippen LogP contribution in [0.2, 0.25) is 0 Å². The molecule has 47 nitrogen and oxygen atoms in total. The second kappa shape index (κ2) is 37.7. The van der Waals surface area contributed by atoms with Crippen molar-refractivity contribution in [2.45, 2.75) is 286 Å². The van der Waals surface area contributed by atoms with Crippen molar-refractivity contribution in [2.24, 2.45) is 5.73 Å².